The molecule has 0 amide bonds. The van der Waals surface area contributed by atoms with Crippen LogP contribution in [-0.2, 0) is 0 Å². The van der Waals surface area contributed by atoms with Crippen molar-refractivity contribution in [2.75, 3.05) is 0 Å². The number of benzene rings is 2. The van der Waals surface area contributed by atoms with Gasteiger partial charge < -0.3 is 9.84 Å². The molecule has 0 radical (unpaired) electrons. The van der Waals surface area contributed by atoms with Crippen LogP contribution in [0.3, 0.4) is 0 Å². The van der Waals surface area contributed by atoms with Crippen LogP contribution in [0.2, 0.25) is 0 Å². The Labute approximate surface area is 130 Å². The number of nitro groups is 1. The summed E-state index contributed by atoms with van der Waals surface area (Å²) >= 11 is 3.37. The molecule has 0 aromatic heterocycles. The first-order valence-corrected chi connectivity index (χ1v) is 7.08. The predicted octanol–water partition coefficient (Wildman–Crippen LogP) is 4.51. The molecule has 0 aliphatic carbocycles. The summed E-state index contributed by atoms with van der Waals surface area (Å²) < 4.78 is 6.41. The maximum Gasteiger partial charge on any atom is 0.273 e. The standard InChI is InChI=1S/C15H14BrNO4/c1-9-3-5-12(17(19)20)8-15(9)21-14-6-4-11(10(2)18)7-13(14)16/h3-8,10,18H,1-2H3. The number of hydrogen-bond acceptors (Lipinski definition) is 4. The second kappa shape index (κ2) is 6.24. The fraction of sp³-hybridized carbons (Fsp3) is 0.200. The van der Waals surface area contributed by atoms with E-state index in [1.54, 1.807) is 31.2 Å². The fourth-order valence-electron chi connectivity index (χ4n) is 1.79. The number of aliphatic hydroxyl groups excluding tert-OH is 1. The molecule has 1 atom stereocenters. The molecule has 1 unspecified atom stereocenters. The molecule has 2 rings (SSSR count). The van der Waals surface area contributed by atoms with Crippen molar-refractivity contribution in [3.05, 3.63) is 62.1 Å². The first kappa shape index (κ1) is 15.5. The Balaban J connectivity index is 2.34. The number of nitro benzene ring substituents is 1. The summed E-state index contributed by atoms with van der Waals surface area (Å²) in [5.41, 5.74) is 1.53. The molecule has 2 aromatic rings. The lowest BCUT2D eigenvalue weighted by molar-refractivity contribution is -0.384. The summed E-state index contributed by atoms with van der Waals surface area (Å²) in [5.74, 6) is 0.956. The Kier molecular flexibility index (Phi) is 4.59. The van der Waals surface area contributed by atoms with Crippen LogP contribution in [0.15, 0.2) is 40.9 Å². The van der Waals surface area contributed by atoms with Gasteiger partial charge in [-0.2, -0.15) is 0 Å². The molecule has 0 saturated carbocycles. The van der Waals surface area contributed by atoms with Gasteiger partial charge in [-0.25, -0.2) is 0 Å². The summed E-state index contributed by atoms with van der Waals surface area (Å²) in [6.07, 6.45) is -0.574. The minimum absolute atomic E-state index is 0.0210. The zero-order valence-electron chi connectivity index (χ0n) is 11.5. The van der Waals surface area contributed by atoms with E-state index in [9.17, 15) is 15.2 Å². The SMILES string of the molecule is Cc1ccc([N+](=O)[O-])cc1Oc1ccc(C(C)O)cc1Br. The van der Waals surface area contributed by atoms with Crippen LogP contribution in [0.1, 0.15) is 24.2 Å². The Morgan fingerprint density at radius 1 is 1.24 bits per heavy atom. The van der Waals surface area contributed by atoms with E-state index in [4.69, 9.17) is 4.74 Å². The lowest BCUT2D eigenvalue weighted by Crippen LogP contribution is -1.94. The summed E-state index contributed by atoms with van der Waals surface area (Å²) in [6, 6.07) is 9.69. The second-order valence-electron chi connectivity index (χ2n) is 4.67. The van der Waals surface area contributed by atoms with Gasteiger partial charge in [0, 0.05) is 6.07 Å². The van der Waals surface area contributed by atoms with Crippen molar-refractivity contribution in [3.8, 4) is 11.5 Å². The molecular weight excluding hydrogens is 338 g/mol. The average Bonchev–Trinajstić information content (AvgIpc) is 2.42. The van der Waals surface area contributed by atoms with Crippen molar-refractivity contribution in [2.45, 2.75) is 20.0 Å². The number of aryl methyl sites for hydroxylation is 1. The highest BCUT2D eigenvalue weighted by Gasteiger charge is 2.12. The van der Waals surface area contributed by atoms with E-state index in [1.165, 1.54) is 12.1 Å². The molecule has 0 saturated heterocycles. The van der Waals surface area contributed by atoms with Crippen LogP contribution >= 0.6 is 15.9 Å². The summed E-state index contributed by atoms with van der Waals surface area (Å²) in [6.45, 7) is 3.49. The van der Waals surface area contributed by atoms with Gasteiger partial charge in [0.2, 0.25) is 0 Å². The van der Waals surface area contributed by atoms with Gasteiger partial charge in [0.1, 0.15) is 11.5 Å². The van der Waals surface area contributed by atoms with Gasteiger partial charge in [-0.3, -0.25) is 10.1 Å². The van der Waals surface area contributed by atoms with Crippen LogP contribution in [0.4, 0.5) is 5.69 Å². The first-order valence-electron chi connectivity index (χ1n) is 6.29. The molecule has 1 N–H and O–H groups in total. The monoisotopic (exact) mass is 351 g/mol. The maximum absolute atomic E-state index is 10.8. The van der Waals surface area contributed by atoms with Crippen LogP contribution in [0, 0.1) is 17.0 Å². The van der Waals surface area contributed by atoms with Crippen molar-refractivity contribution in [3.63, 3.8) is 0 Å². The molecule has 5 nitrogen and oxygen atoms in total. The molecule has 0 aliphatic heterocycles. The molecule has 0 heterocycles. The molecule has 0 fully saturated rings. The molecule has 110 valence electrons. The lowest BCUT2D eigenvalue weighted by atomic mass is 10.1. The molecule has 6 heteroatoms. The molecule has 0 bridgehead atoms. The fourth-order valence-corrected chi connectivity index (χ4v) is 2.27. The maximum atomic E-state index is 10.8. The molecule has 0 aliphatic rings. The highest BCUT2D eigenvalue weighted by molar-refractivity contribution is 9.10. The number of rotatable bonds is 4. The lowest BCUT2D eigenvalue weighted by Gasteiger charge is -2.12. The highest BCUT2D eigenvalue weighted by Crippen LogP contribution is 2.34. The van der Waals surface area contributed by atoms with Gasteiger partial charge in [-0.05, 0) is 59.1 Å². The quantitative estimate of drug-likeness (QED) is 0.649. The van der Waals surface area contributed by atoms with E-state index in [0.29, 0.717) is 16.0 Å². The van der Waals surface area contributed by atoms with Crippen molar-refractivity contribution in [1.29, 1.82) is 0 Å². The van der Waals surface area contributed by atoms with Gasteiger partial charge in [0.15, 0.2) is 0 Å². The third-order valence-corrected chi connectivity index (χ3v) is 3.66. The average molecular weight is 352 g/mol. The third kappa shape index (κ3) is 3.59. The molecular formula is C15H14BrNO4. The van der Waals surface area contributed by atoms with Gasteiger partial charge in [0.05, 0.1) is 21.6 Å². The topological polar surface area (TPSA) is 72.6 Å². The third-order valence-electron chi connectivity index (χ3n) is 3.04. The Hall–Kier alpha value is -1.92. The van der Waals surface area contributed by atoms with E-state index in [0.717, 1.165) is 11.1 Å². The Morgan fingerprint density at radius 3 is 2.52 bits per heavy atom. The molecule has 21 heavy (non-hydrogen) atoms. The van der Waals surface area contributed by atoms with Crippen molar-refractivity contribution in [1.82, 2.24) is 0 Å². The summed E-state index contributed by atoms with van der Waals surface area (Å²) in [5, 5.41) is 20.4. The zero-order valence-corrected chi connectivity index (χ0v) is 13.1. The summed E-state index contributed by atoms with van der Waals surface area (Å²) in [4.78, 5) is 10.4. The van der Waals surface area contributed by atoms with Gasteiger partial charge in [0.25, 0.3) is 5.69 Å². The van der Waals surface area contributed by atoms with Crippen molar-refractivity contribution < 1.29 is 14.8 Å². The normalized spacial score (nSPS) is 12.0. The minimum atomic E-state index is -0.574. The van der Waals surface area contributed by atoms with Crippen molar-refractivity contribution in [2.24, 2.45) is 0 Å². The van der Waals surface area contributed by atoms with E-state index in [-0.39, 0.29) is 5.69 Å². The molecule has 2 aromatic carbocycles. The van der Waals surface area contributed by atoms with Crippen LogP contribution < -0.4 is 4.74 Å². The molecule has 0 spiro atoms. The first-order chi connectivity index (χ1) is 9.88. The smallest absolute Gasteiger partial charge is 0.273 e. The predicted molar refractivity (Wildman–Crippen MR) is 82.7 cm³/mol. The number of aliphatic hydroxyl groups is 1. The Morgan fingerprint density at radius 2 is 1.95 bits per heavy atom. The van der Waals surface area contributed by atoms with Crippen LogP contribution in [0.5, 0.6) is 11.5 Å². The zero-order chi connectivity index (χ0) is 15.6. The van der Waals surface area contributed by atoms with E-state index in [1.807, 2.05) is 6.92 Å². The van der Waals surface area contributed by atoms with Gasteiger partial charge >= 0.3 is 0 Å². The minimum Gasteiger partial charge on any atom is -0.456 e. The number of ether oxygens (including phenoxy) is 1. The highest BCUT2D eigenvalue weighted by atomic mass is 79.9. The second-order valence-corrected chi connectivity index (χ2v) is 5.53. The van der Waals surface area contributed by atoms with E-state index in [2.05, 4.69) is 15.9 Å². The summed E-state index contributed by atoms with van der Waals surface area (Å²) in [7, 11) is 0. The van der Waals surface area contributed by atoms with E-state index < -0.39 is 11.0 Å². The number of nitrogens with zero attached hydrogens (tertiary/aromatic N) is 1. The largest absolute Gasteiger partial charge is 0.456 e. The van der Waals surface area contributed by atoms with Crippen molar-refractivity contribution >= 4 is 21.6 Å². The number of non-ortho nitro benzene ring substituents is 1. The van der Waals surface area contributed by atoms with Crippen LogP contribution in [-0.4, -0.2) is 10.0 Å². The van der Waals surface area contributed by atoms with Gasteiger partial charge in [-0.15, -0.1) is 0 Å². The van der Waals surface area contributed by atoms with Gasteiger partial charge in [-0.1, -0.05) is 6.07 Å². The number of hydrogen-bond donors (Lipinski definition) is 1. The number of halogens is 1. The van der Waals surface area contributed by atoms with Crippen LogP contribution in [0.25, 0.3) is 0 Å². The van der Waals surface area contributed by atoms with E-state index >= 15 is 0 Å². The Bertz CT molecular complexity index is 685.